The van der Waals surface area contributed by atoms with Gasteiger partial charge in [-0.25, -0.2) is 4.98 Å². The molecular formula is C15H21N3. The molecule has 1 unspecified atom stereocenters. The van der Waals surface area contributed by atoms with Crippen molar-refractivity contribution in [3.05, 3.63) is 54.1 Å². The number of aromatic amines is 1. The minimum absolute atomic E-state index is 0.411. The van der Waals surface area contributed by atoms with E-state index < -0.39 is 0 Å². The molecule has 0 fully saturated rings. The summed E-state index contributed by atoms with van der Waals surface area (Å²) in [5, 5.41) is 3.63. The number of hydrogen-bond acceptors (Lipinski definition) is 2. The van der Waals surface area contributed by atoms with Gasteiger partial charge in [-0.3, -0.25) is 0 Å². The molecule has 0 spiro atoms. The Bertz CT molecular complexity index is 434. The molecule has 2 N–H and O–H groups in total. The minimum Gasteiger partial charge on any atom is -0.348 e. The summed E-state index contributed by atoms with van der Waals surface area (Å²) >= 11 is 0. The monoisotopic (exact) mass is 243 g/mol. The number of rotatable bonds is 6. The summed E-state index contributed by atoms with van der Waals surface area (Å²) in [6, 6.07) is 11.0. The van der Waals surface area contributed by atoms with Crippen LogP contribution in [0.15, 0.2) is 42.9 Å². The lowest BCUT2D eigenvalue weighted by Gasteiger charge is -2.22. The zero-order chi connectivity index (χ0) is 12.8. The van der Waals surface area contributed by atoms with E-state index in [-0.39, 0.29) is 0 Å². The Labute approximate surface area is 109 Å². The lowest BCUT2D eigenvalue weighted by atomic mass is 9.96. The van der Waals surface area contributed by atoms with E-state index in [4.69, 9.17) is 0 Å². The van der Waals surface area contributed by atoms with E-state index in [1.165, 1.54) is 11.3 Å². The summed E-state index contributed by atoms with van der Waals surface area (Å²) in [4.78, 5) is 7.16. The van der Waals surface area contributed by atoms with E-state index in [0.29, 0.717) is 12.0 Å². The molecule has 3 heteroatoms. The van der Waals surface area contributed by atoms with Crippen molar-refractivity contribution in [2.45, 2.75) is 26.3 Å². The lowest BCUT2D eigenvalue weighted by Crippen LogP contribution is -2.27. The molecule has 0 aliphatic heterocycles. The predicted molar refractivity (Wildman–Crippen MR) is 74.3 cm³/mol. The average molecular weight is 243 g/mol. The number of aromatic nitrogens is 2. The number of nitrogens with one attached hydrogen (secondary N) is 2. The third-order valence-corrected chi connectivity index (χ3v) is 3.14. The van der Waals surface area contributed by atoms with Gasteiger partial charge in [0.2, 0.25) is 0 Å². The fraction of sp³-hybridized carbons (Fsp3) is 0.400. The molecule has 0 saturated heterocycles. The van der Waals surface area contributed by atoms with E-state index in [9.17, 15) is 0 Å². The molecule has 18 heavy (non-hydrogen) atoms. The zero-order valence-electron chi connectivity index (χ0n) is 11.1. The maximum Gasteiger partial charge on any atom is 0.0921 e. The van der Waals surface area contributed by atoms with Crippen LogP contribution in [0.3, 0.4) is 0 Å². The van der Waals surface area contributed by atoms with Gasteiger partial charge in [0.05, 0.1) is 6.33 Å². The Hall–Kier alpha value is -1.61. The number of H-pyrrole nitrogens is 1. The fourth-order valence-electron chi connectivity index (χ4n) is 2.18. The van der Waals surface area contributed by atoms with Gasteiger partial charge < -0.3 is 10.3 Å². The van der Waals surface area contributed by atoms with E-state index >= 15 is 0 Å². The highest BCUT2D eigenvalue weighted by Crippen LogP contribution is 2.20. The Kier molecular flexibility index (Phi) is 4.53. The molecule has 3 nitrogen and oxygen atoms in total. The maximum atomic E-state index is 4.03. The SMILES string of the molecule is CC(C)C(NCCc1cnc[nH]1)c1ccccc1. The summed E-state index contributed by atoms with van der Waals surface area (Å²) in [7, 11) is 0. The Morgan fingerprint density at radius 1 is 1.22 bits per heavy atom. The molecule has 0 bridgehead atoms. The minimum atomic E-state index is 0.411. The largest absolute Gasteiger partial charge is 0.348 e. The normalized spacial score (nSPS) is 12.8. The lowest BCUT2D eigenvalue weighted by molar-refractivity contribution is 0.414. The van der Waals surface area contributed by atoms with Crippen molar-refractivity contribution in [2.24, 2.45) is 5.92 Å². The summed E-state index contributed by atoms with van der Waals surface area (Å²) in [6.07, 6.45) is 4.59. The molecule has 1 aromatic heterocycles. The van der Waals surface area contributed by atoms with Gasteiger partial charge in [-0.1, -0.05) is 44.2 Å². The van der Waals surface area contributed by atoms with Gasteiger partial charge in [0, 0.05) is 30.9 Å². The van der Waals surface area contributed by atoms with Crippen molar-refractivity contribution >= 4 is 0 Å². The van der Waals surface area contributed by atoms with Crippen LogP contribution in [0.4, 0.5) is 0 Å². The first-order valence-corrected chi connectivity index (χ1v) is 6.53. The molecule has 0 aliphatic carbocycles. The van der Waals surface area contributed by atoms with Crippen LogP contribution in [-0.4, -0.2) is 16.5 Å². The van der Waals surface area contributed by atoms with Gasteiger partial charge in [0.1, 0.15) is 0 Å². The van der Waals surface area contributed by atoms with Crippen LogP contribution in [0, 0.1) is 5.92 Å². The van der Waals surface area contributed by atoms with E-state index in [0.717, 1.165) is 13.0 Å². The smallest absolute Gasteiger partial charge is 0.0921 e. The van der Waals surface area contributed by atoms with Crippen LogP contribution >= 0.6 is 0 Å². The Morgan fingerprint density at radius 2 is 2.00 bits per heavy atom. The first-order valence-electron chi connectivity index (χ1n) is 6.53. The predicted octanol–water partition coefficient (Wildman–Crippen LogP) is 2.94. The molecule has 0 saturated carbocycles. The molecular weight excluding hydrogens is 222 g/mol. The third kappa shape index (κ3) is 3.44. The molecule has 1 heterocycles. The van der Waals surface area contributed by atoms with Crippen molar-refractivity contribution in [3.63, 3.8) is 0 Å². The number of benzene rings is 1. The summed E-state index contributed by atoms with van der Waals surface area (Å²) in [5.41, 5.74) is 2.54. The molecule has 0 amide bonds. The van der Waals surface area contributed by atoms with Gasteiger partial charge in [-0.05, 0) is 11.5 Å². The number of hydrogen-bond donors (Lipinski definition) is 2. The molecule has 96 valence electrons. The first-order chi connectivity index (χ1) is 8.77. The van der Waals surface area contributed by atoms with Crippen LogP contribution in [0.2, 0.25) is 0 Å². The van der Waals surface area contributed by atoms with E-state index in [2.05, 4.69) is 59.5 Å². The first kappa shape index (κ1) is 12.8. The van der Waals surface area contributed by atoms with Gasteiger partial charge in [0.15, 0.2) is 0 Å². The van der Waals surface area contributed by atoms with E-state index in [1.54, 1.807) is 6.33 Å². The third-order valence-electron chi connectivity index (χ3n) is 3.14. The molecule has 2 aromatic rings. The van der Waals surface area contributed by atoms with Crippen molar-refractivity contribution < 1.29 is 0 Å². The average Bonchev–Trinajstić information content (AvgIpc) is 2.88. The van der Waals surface area contributed by atoms with Gasteiger partial charge >= 0.3 is 0 Å². The highest BCUT2D eigenvalue weighted by Gasteiger charge is 2.14. The summed E-state index contributed by atoms with van der Waals surface area (Å²) in [6.45, 7) is 5.46. The second-order valence-electron chi connectivity index (χ2n) is 4.91. The van der Waals surface area contributed by atoms with Crippen LogP contribution in [0.5, 0.6) is 0 Å². The number of nitrogens with zero attached hydrogens (tertiary/aromatic N) is 1. The molecule has 2 rings (SSSR count). The summed E-state index contributed by atoms with van der Waals surface area (Å²) < 4.78 is 0. The quantitative estimate of drug-likeness (QED) is 0.819. The second kappa shape index (κ2) is 6.36. The van der Waals surface area contributed by atoms with Crippen molar-refractivity contribution in [3.8, 4) is 0 Å². The van der Waals surface area contributed by atoms with Gasteiger partial charge in [-0.15, -0.1) is 0 Å². The van der Waals surface area contributed by atoms with Gasteiger partial charge in [0.25, 0.3) is 0 Å². The van der Waals surface area contributed by atoms with Crippen molar-refractivity contribution in [1.82, 2.24) is 15.3 Å². The molecule has 0 radical (unpaired) electrons. The van der Waals surface area contributed by atoms with Crippen LogP contribution in [0.25, 0.3) is 0 Å². The zero-order valence-corrected chi connectivity index (χ0v) is 11.1. The van der Waals surface area contributed by atoms with Crippen molar-refractivity contribution in [1.29, 1.82) is 0 Å². The van der Waals surface area contributed by atoms with E-state index in [1.807, 2.05) is 6.20 Å². The highest BCUT2D eigenvalue weighted by atomic mass is 14.9. The maximum absolute atomic E-state index is 4.03. The molecule has 1 aromatic carbocycles. The topological polar surface area (TPSA) is 40.7 Å². The standard InChI is InChI=1S/C15H21N3/c1-12(2)15(13-6-4-3-5-7-13)17-9-8-14-10-16-11-18-14/h3-7,10-12,15,17H,8-9H2,1-2H3,(H,16,18). The van der Waals surface area contributed by atoms with Crippen molar-refractivity contribution in [2.75, 3.05) is 6.54 Å². The molecule has 0 aliphatic rings. The second-order valence-corrected chi connectivity index (χ2v) is 4.91. The van der Waals surface area contributed by atoms with Crippen LogP contribution < -0.4 is 5.32 Å². The highest BCUT2D eigenvalue weighted by molar-refractivity contribution is 5.19. The molecule has 1 atom stereocenters. The van der Waals surface area contributed by atoms with Gasteiger partial charge in [-0.2, -0.15) is 0 Å². The Balaban J connectivity index is 1.91. The summed E-state index contributed by atoms with van der Waals surface area (Å²) in [5.74, 6) is 0.578. The van der Waals surface area contributed by atoms with Crippen LogP contribution in [0.1, 0.15) is 31.1 Å². The Morgan fingerprint density at radius 3 is 2.61 bits per heavy atom. The number of imidazole rings is 1. The fourth-order valence-corrected chi connectivity index (χ4v) is 2.18. The van der Waals surface area contributed by atoms with Crippen LogP contribution in [-0.2, 0) is 6.42 Å².